The third kappa shape index (κ3) is 3.14. The maximum absolute atomic E-state index is 3.76. The van der Waals surface area contributed by atoms with E-state index in [2.05, 4.69) is 37.8 Å². The first-order valence-electron chi connectivity index (χ1n) is 4.13. The Hall–Kier alpha value is -0.690. The molecule has 12 heavy (non-hydrogen) atoms. The van der Waals surface area contributed by atoms with Crippen molar-refractivity contribution in [1.82, 2.24) is 0 Å². The third-order valence-corrected chi connectivity index (χ3v) is 2.96. The molecule has 0 spiro atoms. The SMILES string of the molecule is C=C[C@@H](C)CSc1ccccc1. The molecule has 0 aliphatic rings. The van der Waals surface area contributed by atoms with Crippen molar-refractivity contribution >= 4 is 11.8 Å². The molecule has 0 aromatic heterocycles. The van der Waals surface area contributed by atoms with Gasteiger partial charge in [0.25, 0.3) is 0 Å². The summed E-state index contributed by atoms with van der Waals surface area (Å²) in [6.45, 7) is 5.94. The summed E-state index contributed by atoms with van der Waals surface area (Å²) in [6, 6.07) is 10.5. The molecule has 0 saturated heterocycles. The second-order valence-electron chi connectivity index (χ2n) is 2.84. The molecule has 0 N–H and O–H groups in total. The number of rotatable bonds is 4. The molecule has 1 heteroatoms. The first kappa shape index (κ1) is 9.40. The van der Waals surface area contributed by atoms with E-state index < -0.39 is 0 Å². The van der Waals surface area contributed by atoms with Crippen molar-refractivity contribution in [3.8, 4) is 0 Å². The second kappa shape index (κ2) is 5.04. The Labute approximate surface area is 78.7 Å². The van der Waals surface area contributed by atoms with Crippen LogP contribution in [0.25, 0.3) is 0 Å². The van der Waals surface area contributed by atoms with Crippen molar-refractivity contribution in [2.45, 2.75) is 11.8 Å². The monoisotopic (exact) mass is 178 g/mol. The Kier molecular flexibility index (Phi) is 3.95. The quantitative estimate of drug-likeness (QED) is 0.501. The van der Waals surface area contributed by atoms with Crippen molar-refractivity contribution in [1.29, 1.82) is 0 Å². The molecule has 1 atom stereocenters. The molecule has 1 aromatic carbocycles. The summed E-state index contributed by atoms with van der Waals surface area (Å²) in [5.41, 5.74) is 0. The van der Waals surface area contributed by atoms with Crippen LogP contribution in [0.2, 0.25) is 0 Å². The summed E-state index contributed by atoms with van der Waals surface area (Å²) in [5.74, 6) is 1.71. The van der Waals surface area contributed by atoms with Gasteiger partial charge < -0.3 is 0 Å². The molecule has 0 fully saturated rings. The van der Waals surface area contributed by atoms with Gasteiger partial charge in [-0.3, -0.25) is 0 Å². The van der Waals surface area contributed by atoms with Crippen LogP contribution >= 0.6 is 11.8 Å². The minimum absolute atomic E-state index is 0.593. The van der Waals surface area contributed by atoms with E-state index in [1.165, 1.54) is 4.90 Å². The van der Waals surface area contributed by atoms with Crippen LogP contribution in [-0.2, 0) is 0 Å². The van der Waals surface area contributed by atoms with Crippen LogP contribution in [0, 0.1) is 5.92 Å². The lowest BCUT2D eigenvalue weighted by Crippen LogP contribution is -1.91. The van der Waals surface area contributed by atoms with Gasteiger partial charge in [-0.15, -0.1) is 18.3 Å². The molecule has 0 nitrogen and oxygen atoms in total. The highest BCUT2D eigenvalue weighted by Gasteiger charge is 1.96. The van der Waals surface area contributed by atoms with Crippen LogP contribution in [0.5, 0.6) is 0 Å². The minimum atomic E-state index is 0.593. The fraction of sp³-hybridized carbons (Fsp3) is 0.273. The Morgan fingerprint density at radius 3 is 2.67 bits per heavy atom. The van der Waals surface area contributed by atoms with Crippen LogP contribution in [0.15, 0.2) is 47.9 Å². The molecule has 1 rings (SSSR count). The maximum Gasteiger partial charge on any atom is 0.00721 e. The first-order valence-corrected chi connectivity index (χ1v) is 5.12. The van der Waals surface area contributed by atoms with E-state index in [9.17, 15) is 0 Å². The Morgan fingerprint density at radius 2 is 2.08 bits per heavy atom. The van der Waals surface area contributed by atoms with Crippen molar-refractivity contribution in [3.63, 3.8) is 0 Å². The summed E-state index contributed by atoms with van der Waals surface area (Å²) < 4.78 is 0. The lowest BCUT2D eigenvalue weighted by atomic mass is 10.2. The fourth-order valence-corrected chi connectivity index (χ4v) is 1.75. The molecule has 0 aliphatic carbocycles. The summed E-state index contributed by atoms with van der Waals surface area (Å²) in [5, 5.41) is 0. The molecule has 64 valence electrons. The number of allylic oxidation sites excluding steroid dienone is 1. The van der Waals surface area contributed by atoms with E-state index in [1.54, 1.807) is 0 Å². The van der Waals surface area contributed by atoms with Crippen LogP contribution in [-0.4, -0.2) is 5.75 Å². The van der Waals surface area contributed by atoms with Gasteiger partial charge in [0, 0.05) is 10.6 Å². The largest absolute Gasteiger partial charge is 0.126 e. The van der Waals surface area contributed by atoms with E-state index in [1.807, 2.05) is 23.9 Å². The number of hydrogen-bond acceptors (Lipinski definition) is 1. The molecule has 1 aromatic rings. The average Bonchev–Trinajstić information content (AvgIpc) is 2.16. The lowest BCUT2D eigenvalue weighted by Gasteiger charge is -2.04. The highest BCUT2D eigenvalue weighted by Crippen LogP contribution is 2.19. The molecule has 0 heterocycles. The third-order valence-electron chi connectivity index (χ3n) is 1.66. The number of hydrogen-bond donors (Lipinski definition) is 0. The zero-order valence-electron chi connectivity index (χ0n) is 7.36. The average molecular weight is 178 g/mol. The Balaban J connectivity index is 2.38. The molecule has 0 saturated carbocycles. The van der Waals surface area contributed by atoms with Crippen molar-refractivity contribution < 1.29 is 0 Å². The lowest BCUT2D eigenvalue weighted by molar-refractivity contribution is 0.849. The van der Waals surface area contributed by atoms with E-state index in [-0.39, 0.29) is 0 Å². The molecular formula is C11H14S. The fourth-order valence-electron chi connectivity index (χ4n) is 0.812. The van der Waals surface area contributed by atoms with E-state index >= 15 is 0 Å². The molecule has 0 radical (unpaired) electrons. The second-order valence-corrected chi connectivity index (χ2v) is 3.93. The van der Waals surface area contributed by atoms with Gasteiger partial charge in [0.15, 0.2) is 0 Å². The maximum atomic E-state index is 3.76. The zero-order valence-corrected chi connectivity index (χ0v) is 8.18. The summed E-state index contributed by atoms with van der Waals surface area (Å²) in [6.07, 6.45) is 2.00. The Bertz CT molecular complexity index is 228. The molecule has 0 bridgehead atoms. The normalized spacial score (nSPS) is 12.4. The molecular weight excluding hydrogens is 164 g/mol. The van der Waals surface area contributed by atoms with Gasteiger partial charge in [-0.1, -0.05) is 31.2 Å². The summed E-state index contributed by atoms with van der Waals surface area (Å²) in [7, 11) is 0. The van der Waals surface area contributed by atoms with Crippen LogP contribution < -0.4 is 0 Å². The van der Waals surface area contributed by atoms with Crippen LogP contribution in [0.3, 0.4) is 0 Å². The predicted octanol–water partition coefficient (Wildman–Crippen LogP) is 3.60. The van der Waals surface area contributed by atoms with Gasteiger partial charge in [-0.05, 0) is 18.1 Å². The molecule has 0 unspecified atom stereocenters. The minimum Gasteiger partial charge on any atom is -0.126 e. The van der Waals surface area contributed by atoms with Gasteiger partial charge in [-0.25, -0.2) is 0 Å². The van der Waals surface area contributed by atoms with Crippen LogP contribution in [0.4, 0.5) is 0 Å². The highest BCUT2D eigenvalue weighted by molar-refractivity contribution is 7.99. The topological polar surface area (TPSA) is 0 Å². The van der Waals surface area contributed by atoms with Gasteiger partial charge in [-0.2, -0.15) is 0 Å². The van der Waals surface area contributed by atoms with E-state index in [0.717, 1.165) is 5.75 Å². The summed E-state index contributed by atoms with van der Waals surface area (Å²) in [4.78, 5) is 1.34. The Morgan fingerprint density at radius 1 is 1.42 bits per heavy atom. The van der Waals surface area contributed by atoms with Crippen molar-refractivity contribution in [2.24, 2.45) is 5.92 Å². The summed E-state index contributed by atoms with van der Waals surface area (Å²) >= 11 is 1.88. The molecule has 0 amide bonds. The van der Waals surface area contributed by atoms with E-state index in [4.69, 9.17) is 0 Å². The van der Waals surface area contributed by atoms with Gasteiger partial charge in [0.2, 0.25) is 0 Å². The van der Waals surface area contributed by atoms with Gasteiger partial charge in [0.1, 0.15) is 0 Å². The molecule has 0 aliphatic heterocycles. The van der Waals surface area contributed by atoms with Gasteiger partial charge in [0.05, 0.1) is 0 Å². The number of benzene rings is 1. The smallest absolute Gasteiger partial charge is 0.00721 e. The van der Waals surface area contributed by atoms with Gasteiger partial charge >= 0.3 is 0 Å². The van der Waals surface area contributed by atoms with Crippen LogP contribution in [0.1, 0.15) is 6.92 Å². The van der Waals surface area contributed by atoms with Crippen molar-refractivity contribution in [3.05, 3.63) is 43.0 Å². The first-order chi connectivity index (χ1) is 5.83. The number of thioether (sulfide) groups is 1. The zero-order chi connectivity index (χ0) is 8.81. The van der Waals surface area contributed by atoms with E-state index in [0.29, 0.717) is 5.92 Å². The predicted molar refractivity (Wildman–Crippen MR) is 56.5 cm³/mol. The standard InChI is InChI=1S/C11H14S/c1-3-10(2)9-12-11-7-5-4-6-8-11/h3-8,10H,1,9H2,2H3/t10-/m1/s1. The van der Waals surface area contributed by atoms with Crippen molar-refractivity contribution in [2.75, 3.05) is 5.75 Å². The highest BCUT2D eigenvalue weighted by atomic mass is 32.2.